The summed E-state index contributed by atoms with van der Waals surface area (Å²) in [5.74, 6) is 0.256. The zero-order valence-electron chi connectivity index (χ0n) is 15.6. The number of anilines is 4. The third-order valence-corrected chi connectivity index (χ3v) is 5.05. The van der Waals surface area contributed by atoms with E-state index in [1.807, 2.05) is 18.2 Å². The fourth-order valence-corrected chi connectivity index (χ4v) is 3.20. The van der Waals surface area contributed by atoms with E-state index in [4.69, 9.17) is 5.14 Å². The third kappa shape index (κ3) is 4.47. The van der Waals surface area contributed by atoms with Crippen molar-refractivity contribution in [3.8, 4) is 0 Å². The van der Waals surface area contributed by atoms with Gasteiger partial charge in [-0.2, -0.15) is 4.98 Å². The highest BCUT2D eigenvalue weighted by molar-refractivity contribution is 7.89. The summed E-state index contributed by atoms with van der Waals surface area (Å²) in [6, 6.07) is 14.8. The number of sulfonamides is 1. The Morgan fingerprint density at radius 2 is 1.69 bits per heavy atom. The Labute approximate surface area is 167 Å². The van der Waals surface area contributed by atoms with Crippen molar-refractivity contribution in [2.45, 2.75) is 11.8 Å². The molecule has 3 N–H and O–H groups in total. The number of nitrogens with two attached hydrogens (primary N) is 1. The van der Waals surface area contributed by atoms with Crippen molar-refractivity contribution in [1.29, 1.82) is 0 Å². The molecule has 0 spiro atoms. The summed E-state index contributed by atoms with van der Waals surface area (Å²) in [7, 11) is -2.13. The van der Waals surface area contributed by atoms with Crippen LogP contribution in [-0.2, 0) is 10.0 Å². The topological polar surface area (TPSA) is 144 Å². The van der Waals surface area contributed by atoms with Gasteiger partial charge in [-0.15, -0.1) is 0 Å². The van der Waals surface area contributed by atoms with E-state index >= 15 is 0 Å². The van der Waals surface area contributed by atoms with E-state index in [1.165, 1.54) is 31.2 Å². The van der Waals surface area contributed by atoms with Gasteiger partial charge in [-0.1, -0.05) is 18.2 Å². The zero-order chi connectivity index (χ0) is 21.2. The second kappa shape index (κ2) is 7.81. The van der Waals surface area contributed by atoms with Gasteiger partial charge in [0.1, 0.15) is 5.69 Å². The molecule has 3 aromatic rings. The van der Waals surface area contributed by atoms with Gasteiger partial charge >= 0.3 is 5.69 Å². The van der Waals surface area contributed by atoms with E-state index in [0.29, 0.717) is 5.69 Å². The normalized spacial score (nSPS) is 11.1. The first-order valence-electron chi connectivity index (χ1n) is 8.38. The van der Waals surface area contributed by atoms with E-state index < -0.39 is 14.9 Å². The summed E-state index contributed by atoms with van der Waals surface area (Å²) in [4.78, 5) is 21.1. The van der Waals surface area contributed by atoms with Crippen LogP contribution >= 0.6 is 0 Å². The number of aromatic nitrogens is 2. The van der Waals surface area contributed by atoms with Crippen LogP contribution in [0.5, 0.6) is 0 Å². The van der Waals surface area contributed by atoms with Gasteiger partial charge in [-0.25, -0.2) is 18.5 Å². The molecule has 0 atom stereocenters. The fraction of sp³-hybridized carbons (Fsp3) is 0.111. The third-order valence-electron chi connectivity index (χ3n) is 4.12. The Morgan fingerprint density at radius 3 is 2.24 bits per heavy atom. The number of nitro groups is 1. The molecule has 0 saturated heterocycles. The molecule has 0 aliphatic carbocycles. The van der Waals surface area contributed by atoms with Crippen LogP contribution < -0.4 is 15.4 Å². The van der Waals surface area contributed by atoms with Crippen molar-refractivity contribution in [3.05, 3.63) is 70.4 Å². The van der Waals surface area contributed by atoms with Crippen molar-refractivity contribution < 1.29 is 13.3 Å². The van der Waals surface area contributed by atoms with Gasteiger partial charge in [0.2, 0.25) is 21.8 Å². The van der Waals surface area contributed by atoms with Gasteiger partial charge in [0.15, 0.2) is 0 Å². The highest BCUT2D eigenvalue weighted by atomic mass is 32.2. The molecule has 0 fully saturated rings. The number of aryl methyl sites for hydroxylation is 1. The number of hydrogen-bond acceptors (Lipinski definition) is 8. The highest BCUT2D eigenvalue weighted by Crippen LogP contribution is 2.33. The number of nitrogens with zero attached hydrogens (tertiary/aromatic N) is 4. The van der Waals surface area contributed by atoms with Crippen LogP contribution in [0.1, 0.15) is 5.69 Å². The molecule has 0 amide bonds. The number of rotatable bonds is 6. The molecule has 0 radical (unpaired) electrons. The van der Waals surface area contributed by atoms with Gasteiger partial charge < -0.3 is 10.2 Å². The van der Waals surface area contributed by atoms with Crippen molar-refractivity contribution >= 4 is 38.9 Å². The second-order valence-electron chi connectivity index (χ2n) is 6.15. The second-order valence-corrected chi connectivity index (χ2v) is 7.71. The van der Waals surface area contributed by atoms with E-state index in [0.717, 1.165) is 5.69 Å². The van der Waals surface area contributed by atoms with Crippen molar-refractivity contribution in [1.82, 2.24) is 9.97 Å². The standard InChI is InChI=1S/C18H18N6O4S/c1-12-16(24(25)26)17(23(2)14-6-4-3-5-7-14)22-18(20-12)21-13-8-10-15(11-9-13)29(19,27)28/h3-11H,1-2H3,(H2,19,27,28)(H,20,21,22). The average molecular weight is 414 g/mol. The molecule has 1 aromatic heterocycles. The molecule has 150 valence electrons. The Hall–Kier alpha value is -3.57. The first-order chi connectivity index (χ1) is 13.7. The van der Waals surface area contributed by atoms with Gasteiger partial charge in [0, 0.05) is 18.4 Å². The lowest BCUT2D eigenvalue weighted by Crippen LogP contribution is -2.16. The molecule has 10 nitrogen and oxygen atoms in total. The van der Waals surface area contributed by atoms with E-state index in [1.54, 1.807) is 24.1 Å². The minimum absolute atomic E-state index is 0.0339. The molecule has 0 unspecified atom stereocenters. The van der Waals surface area contributed by atoms with Crippen LogP contribution in [0.2, 0.25) is 0 Å². The number of primary sulfonamides is 1. The molecule has 1 heterocycles. The average Bonchev–Trinajstić information content (AvgIpc) is 2.67. The Kier molecular flexibility index (Phi) is 5.43. The number of nitrogens with one attached hydrogen (secondary N) is 1. The maximum Gasteiger partial charge on any atom is 0.333 e. The van der Waals surface area contributed by atoms with Gasteiger partial charge in [-0.05, 0) is 43.3 Å². The van der Waals surface area contributed by atoms with Crippen LogP contribution in [0.3, 0.4) is 0 Å². The van der Waals surface area contributed by atoms with Crippen LogP contribution in [0.25, 0.3) is 0 Å². The molecule has 11 heteroatoms. The lowest BCUT2D eigenvalue weighted by Gasteiger charge is -2.19. The molecule has 0 aliphatic heterocycles. The van der Waals surface area contributed by atoms with Crippen LogP contribution in [0.15, 0.2) is 59.5 Å². The fourth-order valence-electron chi connectivity index (χ4n) is 2.69. The lowest BCUT2D eigenvalue weighted by molar-refractivity contribution is -0.385. The molecule has 0 saturated carbocycles. The van der Waals surface area contributed by atoms with Gasteiger partial charge in [0.25, 0.3) is 0 Å². The summed E-state index contributed by atoms with van der Waals surface area (Å²) < 4.78 is 22.7. The maximum absolute atomic E-state index is 11.6. The number of hydrogen-bond donors (Lipinski definition) is 2. The molecular weight excluding hydrogens is 396 g/mol. The van der Waals surface area contributed by atoms with E-state index in [2.05, 4.69) is 15.3 Å². The summed E-state index contributed by atoms with van der Waals surface area (Å²) in [5, 5.41) is 19.6. The minimum atomic E-state index is -3.80. The Bertz CT molecular complexity index is 1150. The maximum atomic E-state index is 11.6. The smallest absolute Gasteiger partial charge is 0.324 e. The minimum Gasteiger partial charge on any atom is -0.324 e. The van der Waals surface area contributed by atoms with Crippen LogP contribution in [0, 0.1) is 17.0 Å². The predicted octanol–water partition coefficient (Wildman–Crippen LogP) is 2.85. The largest absolute Gasteiger partial charge is 0.333 e. The Balaban J connectivity index is 2.00. The molecular formula is C18H18N6O4S. The van der Waals surface area contributed by atoms with E-state index in [9.17, 15) is 18.5 Å². The SMILES string of the molecule is Cc1nc(Nc2ccc(S(N)(=O)=O)cc2)nc(N(C)c2ccccc2)c1[N+](=O)[O-]. The first-order valence-corrected chi connectivity index (χ1v) is 9.93. The molecule has 29 heavy (non-hydrogen) atoms. The zero-order valence-corrected chi connectivity index (χ0v) is 16.4. The summed E-state index contributed by atoms with van der Waals surface area (Å²) >= 11 is 0. The monoisotopic (exact) mass is 414 g/mol. The Morgan fingerprint density at radius 1 is 1.07 bits per heavy atom. The molecule has 0 bridgehead atoms. The quantitative estimate of drug-likeness (QED) is 0.463. The summed E-state index contributed by atoms with van der Waals surface area (Å²) in [5.41, 5.74) is 1.20. The predicted molar refractivity (Wildman–Crippen MR) is 109 cm³/mol. The first kappa shape index (κ1) is 20.2. The van der Waals surface area contributed by atoms with Crippen molar-refractivity contribution in [3.63, 3.8) is 0 Å². The van der Waals surface area contributed by atoms with Crippen LogP contribution in [0.4, 0.5) is 28.8 Å². The molecule has 0 aliphatic rings. The van der Waals surface area contributed by atoms with E-state index in [-0.39, 0.29) is 28.0 Å². The number of benzene rings is 2. The van der Waals surface area contributed by atoms with Crippen LogP contribution in [-0.4, -0.2) is 30.4 Å². The van der Waals surface area contributed by atoms with Gasteiger partial charge in [0.05, 0.1) is 9.82 Å². The summed E-state index contributed by atoms with van der Waals surface area (Å²) in [6.07, 6.45) is 0. The lowest BCUT2D eigenvalue weighted by atomic mass is 10.2. The molecule has 3 rings (SSSR count). The summed E-state index contributed by atoms with van der Waals surface area (Å²) in [6.45, 7) is 1.53. The van der Waals surface area contributed by atoms with Crippen molar-refractivity contribution in [2.75, 3.05) is 17.3 Å². The van der Waals surface area contributed by atoms with Gasteiger partial charge in [-0.3, -0.25) is 10.1 Å². The highest BCUT2D eigenvalue weighted by Gasteiger charge is 2.25. The van der Waals surface area contributed by atoms with Crippen molar-refractivity contribution in [2.24, 2.45) is 5.14 Å². The number of para-hydroxylation sites is 1. The molecule has 2 aromatic carbocycles.